The monoisotopic (exact) mass is 361 g/mol. The Bertz CT molecular complexity index is 709. The molecule has 2 aromatic rings. The molecule has 1 atom stereocenters. The summed E-state index contributed by atoms with van der Waals surface area (Å²) in [6, 6.07) is 8.54. The van der Waals surface area contributed by atoms with Crippen LogP contribution >= 0.6 is 34.8 Å². The van der Waals surface area contributed by atoms with E-state index in [4.69, 9.17) is 39.5 Å². The molecule has 7 heteroatoms. The van der Waals surface area contributed by atoms with Crippen molar-refractivity contribution in [3.63, 3.8) is 0 Å². The highest BCUT2D eigenvalue weighted by Crippen LogP contribution is 2.32. The largest absolute Gasteiger partial charge is 0.479 e. The van der Waals surface area contributed by atoms with Crippen molar-refractivity contribution in [2.24, 2.45) is 0 Å². The Morgan fingerprint density at radius 3 is 2.59 bits per heavy atom. The zero-order valence-electron chi connectivity index (χ0n) is 11.4. The van der Waals surface area contributed by atoms with Gasteiger partial charge in [0, 0.05) is 0 Å². The molecular formula is C15H11Cl3FNO2. The zero-order chi connectivity index (χ0) is 16.3. The number of rotatable bonds is 4. The Morgan fingerprint density at radius 1 is 1.18 bits per heavy atom. The average molecular weight is 363 g/mol. The molecule has 1 amide bonds. The number of carbonyl (C=O) groups excluding carboxylic acids is 1. The van der Waals surface area contributed by atoms with Crippen LogP contribution < -0.4 is 10.1 Å². The molecule has 2 rings (SSSR count). The van der Waals surface area contributed by atoms with E-state index in [2.05, 4.69) is 5.32 Å². The first-order valence-electron chi connectivity index (χ1n) is 6.25. The Hall–Kier alpha value is -1.49. The Balaban J connectivity index is 2.07. The van der Waals surface area contributed by atoms with Crippen LogP contribution in [0.3, 0.4) is 0 Å². The Kier molecular flexibility index (Phi) is 5.51. The minimum atomic E-state index is -0.850. The van der Waals surface area contributed by atoms with E-state index in [9.17, 15) is 9.18 Å². The van der Waals surface area contributed by atoms with Crippen LogP contribution in [0, 0.1) is 5.82 Å². The van der Waals surface area contributed by atoms with Gasteiger partial charge < -0.3 is 10.1 Å². The van der Waals surface area contributed by atoms with Crippen molar-refractivity contribution in [2.75, 3.05) is 5.32 Å². The lowest BCUT2D eigenvalue weighted by Crippen LogP contribution is -2.30. The third-order valence-corrected chi connectivity index (χ3v) is 3.89. The standard InChI is InChI=1S/C15H11Cl3FNO2/c1-8(22-13-4-2-3-10(16)14(13)18)15(21)20-12-6-5-9(19)7-11(12)17/h2-8H,1H3,(H,20,21). The van der Waals surface area contributed by atoms with Crippen LogP contribution in [0.25, 0.3) is 0 Å². The second-order valence-electron chi connectivity index (χ2n) is 4.43. The molecule has 0 spiro atoms. The Labute approximate surface area is 141 Å². The van der Waals surface area contributed by atoms with Crippen LogP contribution in [-0.4, -0.2) is 12.0 Å². The van der Waals surface area contributed by atoms with Gasteiger partial charge in [0.05, 0.1) is 15.7 Å². The van der Waals surface area contributed by atoms with Crippen LogP contribution in [0.1, 0.15) is 6.92 Å². The first-order valence-corrected chi connectivity index (χ1v) is 7.38. The lowest BCUT2D eigenvalue weighted by Gasteiger charge is -2.16. The van der Waals surface area contributed by atoms with Gasteiger partial charge in [0.2, 0.25) is 0 Å². The number of benzene rings is 2. The number of amides is 1. The van der Waals surface area contributed by atoms with Crippen LogP contribution in [0.4, 0.5) is 10.1 Å². The maximum Gasteiger partial charge on any atom is 0.265 e. The van der Waals surface area contributed by atoms with E-state index in [1.165, 1.54) is 12.1 Å². The summed E-state index contributed by atoms with van der Waals surface area (Å²) in [6.45, 7) is 1.55. The molecule has 0 saturated carbocycles. The quantitative estimate of drug-likeness (QED) is 0.812. The van der Waals surface area contributed by atoms with Gasteiger partial charge in [-0.2, -0.15) is 0 Å². The first-order chi connectivity index (χ1) is 10.4. The van der Waals surface area contributed by atoms with E-state index in [-0.39, 0.29) is 10.0 Å². The molecule has 0 aromatic heterocycles. The SMILES string of the molecule is CC(Oc1cccc(Cl)c1Cl)C(=O)Nc1ccc(F)cc1Cl. The Morgan fingerprint density at radius 2 is 1.91 bits per heavy atom. The van der Waals surface area contributed by atoms with Gasteiger partial charge in [-0.25, -0.2) is 4.39 Å². The second-order valence-corrected chi connectivity index (χ2v) is 5.62. The predicted octanol–water partition coefficient (Wildman–Crippen LogP) is 5.19. The fourth-order valence-corrected chi connectivity index (χ4v) is 2.20. The highest BCUT2D eigenvalue weighted by atomic mass is 35.5. The topological polar surface area (TPSA) is 38.3 Å². The van der Waals surface area contributed by atoms with Crippen LogP contribution in [0.5, 0.6) is 5.75 Å². The van der Waals surface area contributed by atoms with Crippen molar-refractivity contribution in [1.82, 2.24) is 0 Å². The highest BCUT2D eigenvalue weighted by molar-refractivity contribution is 6.42. The lowest BCUT2D eigenvalue weighted by molar-refractivity contribution is -0.122. The van der Waals surface area contributed by atoms with Crippen molar-refractivity contribution in [3.05, 3.63) is 57.3 Å². The molecule has 1 unspecified atom stereocenters. The molecule has 3 nitrogen and oxygen atoms in total. The highest BCUT2D eigenvalue weighted by Gasteiger charge is 2.18. The minimum absolute atomic E-state index is 0.0985. The number of carbonyl (C=O) groups is 1. The number of hydrogen-bond acceptors (Lipinski definition) is 2. The number of halogens is 4. The van der Waals surface area contributed by atoms with E-state index in [0.29, 0.717) is 16.5 Å². The smallest absolute Gasteiger partial charge is 0.265 e. The number of anilines is 1. The summed E-state index contributed by atoms with van der Waals surface area (Å²) in [5.74, 6) is -0.649. The van der Waals surface area contributed by atoms with Gasteiger partial charge in [0.1, 0.15) is 16.6 Å². The van der Waals surface area contributed by atoms with E-state index >= 15 is 0 Å². The second kappa shape index (κ2) is 7.18. The molecule has 2 aromatic carbocycles. The van der Waals surface area contributed by atoms with Gasteiger partial charge >= 0.3 is 0 Å². The number of hydrogen-bond donors (Lipinski definition) is 1. The summed E-state index contributed by atoms with van der Waals surface area (Å²) in [5, 5.41) is 3.20. The summed E-state index contributed by atoms with van der Waals surface area (Å²) < 4.78 is 18.4. The van der Waals surface area contributed by atoms with E-state index < -0.39 is 17.8 Å². The summed E-state index contributed by atoms with van der Waals surface area (Å²) >= 11 is 17.7. The van der Waals surface area contributed by atoms with Gasteiger partial charge in [-0.05, 0) is 37.3 Å². The summed E-state index contributed by atoms with van der Waals surface area (Å²) in [7, 11) is 0. The van der Waals surface area contributed by atoms with Crippen LogP contribution in [0.2, 0.25) is 15.1 Å². The number of ether oxygens (including phenoxy) is 1. The first kappa shape index (κ1) is 16.9. The molecular weight excluding hydrogens is 352 g/mol. The van der Waals surface area contributed by atoms with Crippen molar-refractivity contribution in [3.8, 4) is 5.75 Å². The van der Waals surface area contributed by atoms with Gasteiger partial charge in [-0.15, -0.1) is 0 Å². The van der Waals surface area contributed by atoms with Gasteiger partial charge in [-0.3, -0.25) is 4.79 Å². The molecule has 0 aliphatic rings. The van der Waals surface area contributed by atoms with Crippen molar-refractivity contribution in [2.45, 2.75) is 13.0 Å². The molecule has 0 aliphatic heterocycles. The van der Waals surface area contributed by atoms with Crippen molar-refractivity contribution < 1.29 is 13.9 Å². The van der Waals surface area contributed by atoms with Gasteiger partial charge in [-0.1, -0.05) is 40.9 Å². The molecule has 0 fully saturated rings. The zero-order valence-corrected chi connectivity index (χ0v) is 13.6. The van der Waals surface area contributed by atoms with Crippen LogP contribution in [-0.2, 0) is 4.79 Å². The normalized spacial score (nSPS) is 11.9. The summed E-state index contributed by atoms with van der Waals surface area (Å²) in [5.41, 5.74) is 0.292. The van der Waals surface area contributed by atoms with E-state index in [1.807, 2.05) is 0 Å². The number of nitrogens with one attached hydrogen (secondary N) is 1. The maximum atomic E-state index is 13.0. The third-order valence-electron chi connectivity index (χ3n) is 2.78. The fraction of sp³-hybridized carbons (Fsp3) is 0.133. The summed E-state index contributed by atoms with van der Waals surface area (Å²) in [6.07, 6.45) is -0.850. The van der Waals surface area contributed by atoms with E-state index in [0.717, 1.165) is 6.07 Å². The molecule has 0 radical (unpaired) electrons. The molecule has 1 N–H and O–H groups in total. The van der Waals surface area contributed by atoms with Crippen LogP contribution in [0.15, 0.2) is 36.4 Å². The molecule has 22 heavy (non-hydrogen) atoms. The average Bonchev–Trinajstić information content (AvgIpc) is 2.46. The van der Waals surface area contributed by atoms with E-state index in [1.54, 1.807) is 25.1 Å². The molecule has 0 heterocycles. The molecule has 0 bridgehead atoms. The molecule has 0 saturated heterocycles. The fourth-order valence-electron chi connectivity index (χ4n) is 1.64. The molecule has 116 valence electrons. The predicted molar refractivity (Wildman–Crippen MR) is 86.6 cm³/mol. The molecule has 0 aliphatic carbocycles. The van der Waals surface area contributed by atoms with Crippen molar-refractivity contribution in [1.29, 1.82) is 0 Å². The van der Waals surface area contributed by atoms with Gasteiger partial charge in [0.15, 0.2) is 6.10 Å². The minimum Gasteiger partial charge on any atom is -0.479 e. The lowest BCUT2D eigenvalue weighted by atomic mass is 10.3. The maximum absolute atomic E-state index is 13.0. The third kappa shape index (κ3) is 4.03. The van der Waals surface area contributed by atoms with Crippen molar-refractivity contribution >= 4 is 46.4 Å². The summed E-state index contributed by atoms with van der Waals surface area (Å²) in [4.78, 5) is 12.1. The van der Waals surface area contributed by atoms with Gasteiger partial charge in [0.25, 0.3) is 5.91 Å².